The first-order valence-corrected chi connectivity index (χ1v) is 25.9. The molecule has 6 N–H and O–H groups in total. The molecule has 2 fully saturated rings. The van der Waals surface area contributed by atoms with Gasteiger partial charge in [-0.2, -0.15) is 0 Å². The monoisotopic (exact) mass is 966 g/mol. The molecule has 16 nitrogen and oxygen atoms in total. The second-order valence-corrected chi connectivity index (χ2v) is 20.8. The van der Waals surface area contributed by atoms with Gasteiger partial charge >= 0.3 is 6.09 Å². The molecule has 10 atom stereocenters. The summed E-state index contributed by atoms with van der Waals surface area (Å²) in [4.78, 5) is 50.0. The predicted octanol–water partition coefficient (Wildman–Crippen LogP) is 4.80. The van der Waals surface area contributed by atoms with Gasteiger partial charge in [-0.25, -0.2) is 4.79 Å². The van der Waals surface area contributed by atoms with Gasteiger partial charge < -0.3 is 54.0 Å². The Bertz CT molecular complexity index is 2530. The van der Waals surface area contributed by atoms with Crippen molar-refractivity contribution in [1.82, 2.24) is 20.6 Å². The third-order valence-electron chi connectivity index (χ3n) is 11.6. The van der Waals surface area contributed by atoms with E-state index in [4.69, 9.17) is 28.4 Å². The maximum atomic E-state index is 15.3. The molecule has 4 aliphatic rings. The van der Waals surface area contributed by atoms with Crippen molar-refractivity contribution in [2.24, 2.45) is 0 Å². The van der Waals surface area contributed by atoms with E-state index in [0.29, 0.717) is 34.1 Å². The number of thioether (sulfide) groups is 1. The minimum Gasteiger partial charge on any atom is -0.508 e. The van der Waals surface area contributed by atoms with Crippen LogP contribution in [0.1, 0.15) is 37.2 Å². The average Bonchev–Trinajstić information content (AvgIpc) is 3.67. The summed E-state index contributed by atoms with van der Waals surface area (Å²) in [7, 11) is 7.23. The number of fused-ring (bicyclic) bond motifs is 5. The lowest BCUT2D eigenvalue weighted by atomic mass is 9.75. The van der Waals surface area contributed by atoms with Crippen molar-refractivity contribution in [2.45, 2.75) is 86.2 Å². The number of nitrogens with one attached hydrogen (secondary N) is 3. The number of allylic oxidation sites excluding steroid dienone is 3. The predicted molar refractivity (Wildman–Crippen MR) is 252 cm³/mol. The Morgan fingerprint density at radius 2 is 1.94 bits per heavy atom. The van der Waals surface area contributed by atoms with Crippen LogP contribution >= 0.6 is 43.2 Å². The highest BCUT2D eigenvalue weighted by Crippen LogP contribution is 2.47. The second-order valence-electron chi connectivity index (χ2n) is 15.3. The van der Waals surface area contributed by atoms with Crippen LogP contribution < -0.4 is 10.6 Å². The number of aromatic amines is 1. The summed E-state index contributed by atoms with van der Waals surface area (Å²) in [6.45, 7) is 4.45. The Hall–Kier alpha value is -4.00. The number of alkyl carbamates (subject to hydrolysis) is 1. The number of aromatic hydroxyl groups is 1. The van der Waals surface area contributed by atoms with E-state index in [-0.39, 0.29) is 53.5 Å². The van der Waals surface area contributed by atoms with Gasteiger partial charge in [0.25, 0.3) is 0 Å². The fraction of sp³-hybridized carbons (Fsp3) is 0.467. The molecule has 346 valence electrons. The van der Waals surface area contributed by atoms with Gasteiger partial charge in [0.15, 0.2) is 24.0 Å². The number of ketones is 2. The van der Waals surface area contributed by atoms with Gasteiger partial charge in [-0.15, -0.1) is 11.8 Å². The molecule has 1 amide bonds. The van der Waals surface area contributed by atoms with Crippen molar-refractivity contribution in [3.63, 3.8) is 0 Å². The molecule has 1 aromatic carbocycles. The number of amides is 1. The number of benzene rings is 1. The second kappa shape index (κ2) is 21.3. The third-order valence-corrected chi connectivity index (χ3v) is 16.8. The van der Waals surface area contributed by atoms with E-state index in [1.54, 1.807) is 44.6 Å². The highest BCUT2D eigenvalue weighted by atomic mass is 33.5. The number of carbonyl (C=O) groups excluding carboxylic acids is 3. The number of Topliss-reactive ketones (excluding diaryl/α,β-unsaturated/α-hetero) is 2. The van der Waals surface area contributed by atoms with Crippen molar-refractivity contribution in [2.75, 3.05) is 45.6 Å². The number of aromatic nitrogens is 2. The van der Waals surface area contributed by atoms with Crippen LogP contribution in [0.3, 0.4) is 0 Å². The standard InChI is InChI=1S/C45H50N4O12S4/c1-7-46-30-23-58-34(21-33(30)56-3)61-39-41(53)45(62-5,40(52)38-36-26(15-18-47-38)27-20-25(50)13-14-29(27)48-36)24(2)59-42(39)60-32-12-10-8-9-11-17-44(55)22-31(51)37(49-43(54)57-4)35(32)28(44)16-19-64-65-63-6/h8-9,13-16,18,20,24,30,32-34,39,41-42,46,48,50,53,55H,7,19,21-23H2,1-6H3,(H,49,54)/b9-8-,28-16-/t24-,30+,32+,33+,34+,39-,41-,42+,44+,45-/m1/s1. The summed E-state index contributed by atoms with van der Waals surface area (Å²) in [6.07, 6.45) is -0.241. The summed E-state index contributed by atoms with van der Waals surface area (Å²) < 4.78 is 35.4. The smallest absolute Gasteiger partial charge is 0.411 e. The molecule has 65 heavy (non-hydrogen) atoms. The number of ether oxygens (including phenoxy) is 6. The molecule has 20 heteroatoms. The summed E-state index contributed by atoms with van der Waals surface area (Å²) in [5.74, 6) is 10.6. The number of pyridine rings is 1. The number of methoxy groups -OCH3 is 2. The van der Waals surface area contributed by atoms with E-state index >= 15 is 4.79 Å². The Balaban J connectivity index is 1.35. The van der Waals surface area contributed by atoms with E-state index < -0.39 is 71.4 Å². The molecular weight excluding hydrogens is 917 g/mol. The van der Waals surface area contributed by atoms with Crippen LogP contribution in [-0.2, 0) is 33.2 Å². The Morgan fingerprint density at radius 3 is 2.68 bits per heavy atom. The first kappa shape index (κ1) is 48.9. The molecule has 0 saturated carbocycles. The van der Waals surface area contributed by atoms with Gasteiger partial charge in [-0.05, 0) is 72.2 Å². The normalized spacial score (nSPS) is 31.2. The van der Waals surface area contributed by atoms with Gasteiger partial charge in [0.2, 0.25) is 5.78 Å². The van der Waals surface area contributed by atoms with Gasteiger partial charge in [0.1, 0.15) is 34.5 Å². The fourth-order valence-electron chi connectivity index (χ4n) is 8.60. The Morgan fingerprint density at radius 1 is 1.14 bits per heavy atom. The molecule has 3 aromatic rings. The molecule has 0 spiro atoms. The number of likely N-dealkylation sites (N-methyl/N-ethyl adjacent to an activating group) is 1. The van der Waals surface area contributed by atoms with Crippen molar-refractivity contribution >= 4 is 82.6 Å². The molecule has 2 aromatic heterocycles. The number of phenolic OH excluding ortho intramolecular Hbond substituents is 1. The van der Waals surface area contributed by atoms with Gasteiger partial charge in [-0.1, -0.05) is 58.3 Å². The van der Waals surface area contributed by atoms with Gasteiger partial charge in [0, 0.05) is 52.9 Å². The number of phenols is 1. The zero-order chi connectivity index (χ0) is 46.5. The number of aliphatic hydroxyl groups excluding tert-OH is 1. The molecule has 2 aliphatic heterocycles. The van der Waals surface area contributed by atoms with Crippen LogP contribution in [0.2, 0.25) is 0 Å². The number of H-pyrrole nitrogens is 1. The molecule has 2 saturated heterocycles. The number of rotatable bonds is 15. The van der Waals surface area contributed by atoms with Crippen molar-refractivity contribution < 1.29 is 58.1 Å². The number of nitrogens with zero attached hydrogens (tertiary/aromatic N) is 1. The third kappa shape index (κ3) is 9.87. The van der Waals surface area contributed by atoms with Crippen LogP contribution in [0.25, 0.3) is 21.8 Å². The largest absolute Gasteiger partial charge is 0.508 e. The lowest BCUT2D eigenvalue weighted by Gasteiger charge is -2.51. The molecular formula is C45H50N4O12S4. The fourth-order valence-corrected chi connectivity index (χ4v) is 12.1. The SMILES string of the molecule is CCN[C@H]1CO[C@@H](O[C@H]2[C@H](O[C@H]3C#C/C=C\C#C[C@]4(O)CC(=O)C(NC(=O)OC)=C3/C4=C/CSSSC)O[C@H](C)[C@@](SC)(C(=O)c3nccc4c3[nH]c3ccc(O)cc34)[C@@H]2O)C[C@@H]1OC. The summed E-state index contributed by atoms with van der Waals surface area (Å²) in [5, 5.41) is 42.6. The first-order chi connectivity index (χ1) is 31.3. The first-order valence-electron chi connectivity index (χ1n) is 20.6. The van der Waals surface area contributed by atoms with Gasteiger partial charge in [-0.3, -0.25) is 19.9 Å². The minimum absolute atomic E-state index is 0.00848. The van der Waals surface area contributed by atoms with E-state index in [1.165, 1.54) is 55.8 Å². The van der Waals surface area contributed by atoms with E-state index in [9.17, 15) is 24.9 Å². The molecule has 0 unspecified atom stereocenters. The molecule has 4 heterocycles. The number of carbonyl (C=O) groups is 3. The molecule has 2 aliphatic carbocycles. The van der Waals surface area contributed by atoms with E-state index in [1.807, 2.05) is 13.2 Å². The van der Waals surface area contributed by atoms with Crippen LogP contribution in [-0.4, -0.2) is 148 Å². The number of hydrogen-bond acceptors (Lipinski definition) is 18. The van der Waals surface area contributed by atoms with Crippen molar-refractivity contribution in [1.29, 1.82) is 0 Å². The summed E-state index contributed by atoms with van der Waals surface area (Å²) in [5.41, 5.74) is -1.06. The van der Waals surface area contributed by atoms with Gasteiger partial charge in [0.05, 0.1) is 49.6 Å². The number of hydrogen-bond donors (Lipinski definition) is 6. The molecule has 0 radical (unpaired) electrons. The minimum atomic E-state index is -2.04. The summed E-state index contributed by atoms with van der Waals surface area (Å²) >= 11 is 1.06. The Kier molecular flexibility index (Phi) is 16.0. The van der Waals surface area contributed by atoms with Crippen LogP contribution in [0.5, 0.6) is 5.75 Å². The zero-order valence-corrected chi connectivity index (χ0v) is 39.6. The quantitative estimate of drug-likeness (QED) is 0.0522. The van der Waals surface area contributed by atoms with E-state index in [0.717, 1.165) is 18.9 Å². The topological polar surface area (TPSA) is 220 Å². The average molecular weight is 967 g/mol. The van der Waals surface area contributed by atoms with Crippen molar-refractivity contribution in [3.8, 4) is 29.4 Å². The van der Waals surface area contributed by atoms with Crippen LogP contribution in [0, 0.1) is 23.7 Å². The van der Waals surface area contributed by atoms with Crippen molar-refractivity contribution in [3.05, 3.63) is 71.2 Å². The highest BCUT2D eigenvalue weighted by Gasteiger charge is 2.61. The maximum Gasteiger partial charge on any atom is 0.411 e. The van der Waals surface area contributed by atoms with Crippen LogP contribution in [0.4, 0.5) is 4.79 Å². The zero-order valence-electron chi connectivity index (χ0n) is 36.4. The van der Waals surface area contributed by atoms with Crippen LogP contribution in [0.15, 0.2) is 65.5 Å². The highest BCUT2D eigenvalue weighted by molar-refractivity contribution is 9.09. The lowest BCUT2D eigenvalue weighted by molar-refractivity contribution is -0.322. The Labute approximate surface area is 391 Å². The molecule has 2 bridgehead atoms. The van der Waals surface area contributed by atoms with E-state index in [2.05, 4.69) is 44.3 Å². The number of aliphatic hydroxyl groups is 2. The molecule has 7 rings (SSSR count). The summed E-state index contributed by atoms with van der Waals surface area (Å²) in [6, 6.07) is 6.39. The maximum absolute atomic E-state index is 15.3. The lowest BCUT2D eigenvalue weighted by Crippen LogP contribution is -2.68.